The molecule has 1 aliphatic heterocycles. The van der Waals surface area contributed by atoms with Crippen molar-refractivity contribution in [3.63, 3.8) is 0 Å². The van der Waals surface area contributed by atoms with E-state index in [0.29, 0.717) is 5.39 Å². The van der Waals surface area contributed by atoms with E-state index in [4.69, 9.17) is 0 Å². The minimum absolute atomic E-state index is 0.0194. The van der Waals surface area contributed by atoms with Crippen molar-refractivity contribution in [1.29, 1.82) is 0 Å². The molecule has 6 heteroatoms. The molecule has 0 bridgehead atoms. The Morgan fingerprint density at radius 2 is 1.82 bits per heavy atom. The highest BCUT2D eigenvalue weighted by Gasteiger charge is 2.24. The van der Waals surface area contributed by atoms with Gasteiger partial charge in [-0.3, -0.25) is 9.36 Å². The third kappa shape index (κ3) is 3.48. The molecule has 164 valence electrons. The number of para-hydroxylation sites is 1. The van der Waals surface area contributed by atoms with Gasteiger partial charge in [-0.15, -0.1) is 0 Å². The summed E-state index contributed by atoms with van der Waals surface area (Å²) in [4.78, 5) is 23.5. The second-order valence-corrected chi connectivity index (χ2v) is 8.64. The summed E-state index contributed by atoms with van der Waals surface area (Å²) in [6.07, 6.45) is 3.64. The Kier molecular flexibility index (Phi) is 4.72. The summed E-state index contributed by atoms with van der Waals surface area (Å²) in [5.41, 5.74) is 4.84. The molecule has 3 aromatic carbocycles. The Labute approximate surface area is 190 Å². The van der Waals surface area contributed by atoms with Crippen molar-refractivity contribution in [3.05, 3.63) is 95.3 Å². The van der Waals surface area contributed by atoms with Crippen LogP contribution in [0.15, 0.2) is 83.9 Å². The van der Waals surface area contributed by atoms with Crippen LogP contribution in [-0.4, -0.2) is 27.6 Å². The maximum atomic E-state index is 13.4. The quantitative estimate of drug-likeness (QED) is 0.403. The molecular weight excluding hydrogens is 415 g/mol. The molecule has 0 aliphatic carbocycles. The molecule has 0 radical (unpaired) electrons. The first-order valence-corrected chi connectivity index (χ1v) is 11.3. The normalized spacial score (nSPS) is 16.5. The van der Waals surface area contributed by atoms with Crippen molar-refractivity contribution in [3.8, 4) is 11.3 Å². The summed E-state index contributed by atoms with van der Waals surface area (Å²) >= 11 is 0. The summed E-state index contributed by atoms with van der Waals surface area (Å²) in [6.45, 7) is 1.68. The number of benzene rings is 3. The van der Waals surface area contributed by atoms with E-state index in [-0.39, 0.29) is 17.4 Å². The largest absolute Gasteiger partial charge is 0.369 e. The fourth-order valence-corrected chi connectivity index (χ4v) is 4.94. The zero-order valence-corrected chi connectivity index (χ0v) is 18.0. The third-order valence-corrected chi connectivity index (χ3v) is 6.62. The average Bonchev–Trinajstić information content (AvgIpc) is 3.29. The van der Waals surface area contributed by atoms with Crippen molar-refractivity contribution in [1.82, 2.24) is 14.5 Å². The molecule has 1 fully saturated rings. The minimum atomic E-state index is -0.242. The highest BCUT2D eigenvalue weighted by Crippen LogP contribution is 2.34. The molecule has 3 heterocycles. The zero-order valence-electron chi connectivity index (χ0n) is 18.0. The lowest BCUT2D eigenvalue weighted by atomic mass is 10.0. The van der Waals surface area contributed by atoms with Gasteiger partial charge in [-0.25, -0.2) is 9.37 Å². The summed E-state index contributed by atoms with van der Waals surface area (Å²) in [6, 6.07) is 22.5. The molecule has 5 aromatic rings. The van der Waals surface area contributed by atoms with E-state index in [1.807, 2.05) is 24.3 Å². The van der Waals surface area contributed by atoms with Crippen LogP contribution in [-0.2, 0) is 0 Å². The van der Waals surface area contributed by atoms with E-state index in [0.717, 1.165) is 59.3 Å². The standard InChI is InChI=1S/C27H23FN4O/c28-19-12-10-18(11-13-19)25-15-22-24(30-25)8-3-9-26(22)31-14-4-5-20(16-31)32-17-29-23-7-2-1-6-21(23)27(32)33/h1-3,6-13,15,17,20,30H,4-5,14,16H2/t20-/m1/s1. The topological polar surface area (TPSA) is 53.9 Å². The number of aromatic nitrogens is 3. The van der Waals surface area contributed by atoms with Crippen molar-refractivity contribution >= 4 is 27.5 Å². The number of H-pyrrole nitrogens is 1. The number of fused-ring (bicyclic) bond motifs is 2. The molecule has 0 amide bonds. The molecule has 0 saturated carbocycles. The SMILES string of the molecule is O=c1c2ccccc2ncn1[C@@H]1CCCN(c2cccc3[nH]c(-c4ccc(F)cc4)cc23)C1. The van der Waals surface area contributed by atoms with Crippen LogP contribution in [0.4, 0.5) is 10.1 Å². The van der Waals surface area contributed by atoms with Crippen molar-refractivity contribution in [2.24, 2.45) is 0 Å². The number of hydrogen-bond acceptors (Lipinski definition) is 3. The number of halogens is 1. The molecule has 5 nitrogen and oxygen atoms in total. The number of nitrogens with zero attached hydrogens (tertiary/aromatic N) is 3. The van der Waals surface area contributed by atoms with Crippen LogP contribution in [0.3, 0.4) is 0 Å². The molecule has 0 unspecified atom stereocenters. The molecule has 1 saturated heterocycles. The number of rotatable bonds is 3. The smallest absolute Gasteiger partial charge is 0.261 e. The van der Waals surface area contributed by atoms with Crippen LogP contribution < -0.4 is 10.5 Å². The van der Waals surface area contributed by atoms with E-state index in [9.17, 15) is 9.18 Å². The number of piperidine rings is 1. The summed E-state index contributed by atoms with van der Waals surface area (Å²) < 4.78 is 15.2. The van der Waals surface area contributed by atoms with Gasteiger partial charge in [-0.2, -0.15) is 0 Å². The maximum absolute atomic E-state index is 13.4. The van der Waals surface area contributed by atoms with Gasteiger partial charge in [0, 0.05) is 35.4 Å². The van der Waals surface area contributed by atoms with Crippen molar-refractivity contribution < 1.29 is 4.39 Å². The Morgan fingerprint density at radius 1 is 0.970 bits per heavy atom. The first-order valence-electron chi connectivity index (χ1n) is 11.3. The number of nitrogens with one attached hydrogen (secondary N) is 1. The zero-order chi connectivity index (χ0) is 22.4. The van der Waals surface area contributed by atoms with Crippen LogP contribution in [0.2, 0.25) is 0 Å². The van der Waals surface area contributed by atoms with E-state index >= 15 is 0 Å². The third-order valence-electron chi connectivity index (χ3n) is 6.62. The van der Waals surface area contributed by atoms with Gasteiger partial charge in [-0.05, 0) is 73.0 Å². The van der Waals surface area contributed by atoms with Crippen LogP contribution in [0.25, 0.3) is 33.1 Å². The first-order chi connectivity index (χ1) is 16.2. The van der Waals surface area contributed by atoms with Gasteiger partial charge >= 0.3 is 0 Å². The predicted molar refractivity (Wildman–Crippen MR) is 130 cm³/mol. The minimum Gasteiger partial charge on any atom is -0.369 e. The predicted octanol–water partition coefficient (Wildman–Crippen LogP) is 5.53. The molecule has 0 spiro atoms. The number of aromatic amines is 1. The van der Waals surface area contributed by atoms with Crippen LogP contribution in [0.5, 0.6) is 0 Å². The molecule has 1 atom stereocenters. The molecule has 2 aromatic heterocycles. The second kappa shape index (κ2) is 7.89. The molecular formula is C27H23FN4O. The van der Waals surface area contributed by atoms with Crippen LogP contribution in [0, 0.1) is 5.82 Å². The lowest BCUT2D eigenvalue weighted by Gasteiger charge is -2.35. The van der Waals surface area contributed by atoms with Gasteiger partial charge < -0.3 is 9.88 Å². The molecule has 33 heavy (non-hydrogen) atoms. The van der Waals surface area contributed by atoms with Gasteiger partial charge in [0.15, 0.2) is 0 Å². The van der Waals surface area contributed by atoms with Gasteiger partial charge in [0.2, 0.25) is 0 Å². The fourth-order valence-electron chi connectivity index (χ4n) is 4.94. The first kappa shape index (κ1) is 19.7. The summed E-state index contributed by atoms with van der Waals surface area (Å²) in [5.74, 6) is -0.242. The van der Waals surface area contributed by atoms with Crippen molar-refractivity contribution in [2.75, 3.05) is 18.0 Å². The van der Waals surface area contributed by atoms with Gasteiger partial charge in [0.25, 0.3) is 5.56 Å². The lowest BCUT2D eigenvalue weighted by molar-refractivity contribution is 0.395. The highest BCUT2D eigenvalue weighted by molar-refractivity contribution is 5.96. The summed E-state index contributed by atoms with van der Waals surface area (Å²) in [5, 5.41) is 1.79. The second-order valence-electron chi connectivity index (χ2n) is 8.64. The average molecular weight is 439 g/mol. The van der Waals surface area contributed by atoms with Gasteiger partial charge in [-0.1, -0.05) is 18.2 Å². The molecule has 1 aliphatic rings. The van der Waals surface area contributed by atoms with E-state index < -0.39 is 0 Å². The number of hydrogen-bond donors (Lipinski definition) is 1. The Balaban J connectivity index is 1.36. The summed E-state index contributed by atoms with van der Waals surface area (Å²) in [7, 11) is 0. The maximum Gasteiger partial charge on any atom is 0.261 e. The van der Waals surface area contributed by atoms with E-state index in [2.05, 4.69) is 39.1 Å². The monoisotopic (exact) mass is 438 g/mol. The Bertz CT molecular complexity index is 1520. The molecule has 6 rings (SSSR count). The van der Waals surface area contributed by atoms with Crippen LogP contribution >= 0.6 is 0 Å². The molecule has 1 N–H and O–H groups in total. The Hall–Kier alpha value is -3.93. The van der Waals surface area contributed by atoms with Crippen LogP contribution in [0.1, 0.15) is 18.9 Å². The van der Waals surface area contributed by atoms with Gasteiger partial charge in [0.05, 0.1) is 23.3 Å². The fraction of sp³-hybridized carbons (Fsp3) is 0.185. The Morgan fingerprint density at radius 3 is 2.70 bits per heavy atom. The highest BCUT2D eigenvalue weighted by atomic mass is 19.1. The lowest BCUT2D eigenvalue weighted by Crippen LogP contribution is -2.40. The number of anilines is 1. The van der Waals surface area contributed by atoms with Crippen molar-refractivity contribution in [2.45, 2.75) is 18.9 Å². The van der Waals surface area contributed by atoms with E-state index in [1.165, 1.54) is 12.1 Å². The van der Waals surface area contributed by atoms with E-state index in [1.54, 1.807) is 23.0 Å². The van der Waals surface area contributed by atoms with Gasteiger partial charge in [0.1, 0.15) is 5.82 Å².